The Morgan fingerprint density at radius 2 is 1.75 bits per heavy atom. The van der Waals surface area contributed by atoms with Crippen LogP contribution in [0, 0.1) is 3.57 Å². The molecular formula is C17H15IN2. The number of nitrogens with two attached hydrogens (primary N) is 1. The lowest BCUT2D eigenvalue weighted by Gasteiger charge is -2.15. The Morgan fingerprint density at radius 3 is 2.60 bits per heavy atom. The Kier molecular flexibility index (Phi) is 3.98. The highest BCUT2D eigenvalue weighted by atomic mass is 127. The molecule has 2 N–H and O–H groups in total. The van der Waals surface area contributed by atoms with E-state index in [-0.39, 0.29) is 6.04 Å². The predicted octanol–water partition coefficient (Wildman–Crippen LogP) is 4.08. The molecule has 100 valence electrons. The average molecular weight is 374 g/mol. The van der Waals surface area contributed by atoms with E-state index in [1.54, 1.807) is 0 Å². The zero-order valence-corrected chi connectivity index (χ0v) is 13.1. The fourth-order valence-electron chi connectivity index (χ4n) is 2.46. The third-order valence-electron chi connectivity index (χ3n) is 3.48. The summed E-state index contributed by atoms with van der Waals surface area (Å²) in [5, 5.41) is 1.19. The minimum absolute atomic E-state index is 0.00825. The maximum atomic E-state index is 6.39. The molecule has 0 saturated heterocycles. The number of nitrogens with zero attached hydrogens (tertiary/aromatic N) is 1. The van der Waals surface area contributed by atoms with Crippen LogP contribution in [-0.2, 0) is 6.42 Å². The van der Waals surface area contributed by atoms with Crippen molar-refractivity contribution < 1.29 is 0 Å². The molecule has 0 aliphatic heterocycles. The largest absolute Gasteiger partial charge is 0.324 e. The molecule has 1 heterocycles. The molecule has 3 aromatic rings. The van der Waals surface area contributed by atoms with Gasteiger partial charge in [-0.05, 0) is 58.3 Å². The normalized spacial score (nSPS) is 12.5. The van der Waals surface area contributed by atoms with Crippen LogP contribution in [0.3, 0.4) is 0 Å². The van der Waals surface area contributed by atoms with Crippen LogP contribution in [-0.4, -0.2) is 4.98 Å². The summed E-state index contributed by atoms with van der Waals surface area (Å²) in [5.74, 6) is 0. The molecule has 20 heavy (non-hydrogen) atoms. The van der Waals surface area contributed by atoms with Gasteiger partial charge in [0.25, 0.3) is 0 Å². The Hall–Kier alpha value is -1.46. The highest BCUT2D eigenvalue weighted by Crippen LogP contribution is 2.24. The first-order chi connectivity index (χ1) is 9.75. The van der Waals surface area contributed by atoms with Gasteiger partial charge in [0.05, 0.1) is 5.52 Å². The number of halogens is 1. The average Bonchev–Trinajstić information content (AvgIpc) is 2.48. The summed E-state index contributed by atoms with van der Waals surface area (Å²) in [6.45, 7) is 0. The fourth-order valence-corrected chi connectivity index (χ4v) is 3.24. The number of pyridine rings is 1. The van der Waals surface area contributed by atoms with Gasteiger partial charge >= 0.3 is 0 Å². The Labute approximate surface area is 132 Å². The summed E-state index contributed by atoms with van der Waals surface area (Å²) in [5.41, 5.74) is 9.88. The second kappa shape index (κ2) is 5.89. The molecule has 2 aromatic carbocycles. The van der Waals surface area contributed by atoms with Crippen LogP contribution in [0.5, 0.6) is 0 Å². The van der Waals surface area contributed by atoms with Crippen molar-refractivity contribution >= 4 is 33.5 Å². The van der Waals surface area contributed by atoms with Crippen LogP contribution < -0.4 is 5.73 Å². The number of fused-ring (bicyclic) bond motifs is 1. The van der Waals surface area contributed by atoms with Crippen LogP contribution in [0.15, 0.2) is 60.8 Å². The van der Waals surface area contributed by atoms with Crippen molar-refractivity contribution in [2.75, 3.05) is 0 Å². The van der Waals surface area contributed by atoms with Gasteiger partial charge in [0.1, 0.15) is 0 Å². The number of hydrogen-bond donors (Lipinski definition) is 1. The lowest BCUT2D eigenvalue weighted by molar-refractivity contribution is 0.721. The molecule has 0 aliphatic carbocycles. The molecule has 3 rings (SSSR count). The lowest BCUT2D eigenvalue weighted by Crippen LogP contribution is -2.15. The van der Waals surface area contributed by atoms with Gasteiger partial charge in [-0.1, -0.05) is 36.4 Å². The number of para-hydroxylation sites is 1. The quantitative estimate of drug-likeness (QED) is 0.702. The molecule has 3 heteroatoms. The summed E-state index contributed by atoms with van der Waals surface area (Å²) < 4.78 is 1.22. The molecule has 0 amide bonds. The van der Waals surface area contributed by atoms with Gasteiger partial charge in [-0.25, -0.2) is 0 Å². The van der Waals surface area contributed by atoms with Crippen molar-refractivity contribution in [3.63, 3.8) is 0 Å². The van der Waals surface area contributed by atoms with Crippen LogP contribution in [0.4, 0.5) is 0 Å². The SMILES string of the molecule is NC(Cc1ccnc2ccccc12)c1ccccc1I. The van der Waals surface area contributed by atoms with Gasteiger partial charge in [0, 0.05) is 21.2 Å². The van der Waals surface area contributed by atoms with Crippen LogP contribution >= 0.6 is 22.6 Å². The van der Waals surface area contributed by atoms with Crippen molar-refractivity contribution in [1.82, 2.24) is 4.98 Å². The number of benzene rings is 2. The van der Waals surface area contributed by atoms with Crippen molar-refractivity contribution in [2.45, 2.75) is 12.5 Å². The Morgan fingerprint density at radius 1 is 1.00 bits per heavy atom. The third kappa shape index (κ3) is 2.69. The van der Waals surface area contributed by atoms with E-state index < -0.39 is 0 Å². The highest BCUT2D eigenvalue weighted by Gasteiger charge is 2.12. The lowest BCUT2D eigenvalue weighted by atomic mass is 9.97. The summed E-state index contributed by atoms with van der Waals surface area (Å²) in [6, 6.07) is 18.6. The first-order valence-corrected chi connectivity index (χ1v) is 7.66. The first-order valence-electron chi connectivity index (χ1n) is 6.58. The van der Waals surface area contributed by atoms with Crippen molar-refractivity contribution in [1.29, 1.82) is 0 Å². The number of aromatic nitrogens is 1. The van der Waals surface area contributed by atoms with Gasteiger partial charge in [0.2, 0.25) is 0 Å². The maximum absolute atomic E-state index is 6.39. The van der Waals surface area contributed by atoms with E-state index in [1.165, 1.54) is 20.1 Å². The number of rotatable bonds is 3. The van der Waals surface area contributed by atoms with E-state index in [2.05, 4.69) is 51.8 Å². The first kappa shape index (κ1) is 13.5. The molecule has 1 aromatic heterocycles. The second-order valence-electron chi connectivity index (χ2n) is 4.82. The second-order valence-corrected chi connectivity index (χ2v) is 5.98. The van der Waals surface area contributed by atoms with Gasteiger partial charge in [-0.2, -0.15) is 0 Å². The maximum Gasteiger partial charge on any atom is 0.0704 e. The van der Waals surface area contributed by atoms with Gasteiger partial charge in [-0.15, -0.1) is 0 Å². The topological polar surface area (TPSA) is 38.9 Å². The summed E-state index contributed by atoms with van der Waals surface area (Å²) in [4.78, 5) is 4.40. The Bertz CT molecular complexity index is 734. The highest BCUT2D eigenvalue weighted by molar-refractivity contribution is 14.1. The zero-order chi connectivity index (χ0) is 13.9. The van der Waals surface area contributed by atoms with E-state index in [0.717, 1.165) is 11.9 Å². The molecular weight excluding hydrogens is 359 g/mol. The number of hydrogen-bond acceptors (Lipinski definition) is 2. The van der Waals surface area contributed by atoms with Crippen molar-refractivity contribution in [2.24, 2.45) is 5.73 Å². The van der Waals surface area contributed by atoms with Crippen LogP contribution in [0.1, 0.15) is 17.2 Å². The molecule has 0 saturated carbocycles. The molecule has 0 fully saturated rings. The summed E-state index contributed by atoms with van der Waals surface area (Å²) in [7, 11) is 0. The minimum atomic E-state index is 0.00825. The molecule has 2 nitrogen and oxygen atoms in total. The van der Waals surface area contributed by atoms with Gasteiger partial charge in [-0.3, -0.25) is 4.98 Å². The van der Waals surface area contributed by atoms with Gasteiger partial charge in [0.15, 0.2) is 0 Å². The molecule has 0 bridgehead atoms. The van der Waals surface area contributed by atoms with Crippen molar-refractivity contribution in [3.8, 4) is 0 Å². The molecule has 1 unspecified atom stereocenters. The minimum Gasteiger partial charge on any atom is -0.324 e. The zero-order valence-electron chi connectivity index (χ0n) is 11.0. The third-order valence-corrected chi connectivity index (χ3v) is 4.47. The predicted molar refractivity (Wildman–Crippen MR) is 91.5 cm³/mol. The standard InChI is InChI=1S/C17H15IN2/c18-15-7-3-1-6-14(15)16(19)11-12-9-10-20-17-8-4-2-5-13(12)17/h1-10,16H,11,19H2. The molecule has 1 atom stereocenters. The van der Waals surface area contributed by atoms with E-state index in [1.807, 2.05) is 36.5 Å². The van der Waals surface area contributed by atoms with E-state index in [4.69, 9.17) is 5.73 Å². The smallest absolute Gasteiger partial charge is 0.0704 e. The van der Waals surface area contributed by atoms with Crippen LogP contribution in [0.25, 0.3) is 10.9 Å². The van der Waals surface area contributed by atoms with E-state index >= 15 is 0 Å². The Balaban J connectivity index is 1.96. The summed E-state index contributed by atoms with van der Waals surface area (Å²) in [6.07, 6.45) is 2.68. The van der Waals surface area contributed by atoms with Gasteiger partial charge < -0.3 is 5.73 Å². The molecule has 0 aliphatic rings. The summed E-state index contributed by atoms with van der Waals surface area (Å²) >= 11 is 2.34. The van der Waals surface area contributed by atoms with Crippen molar-refractivity contribution in [3.05, 3.63) is 75.5 Å². The molecule has 0 spiro atoms. The van der Waals surface area contributed by atoms with E-state index in [0.29, 0.717) is 0 Å². The fraction of sp³-hybridized carbons (Fsp3) is 0.118. The molecule has 0 radical (unpaired) electrons. The van der Waals surface area contributed by atoms with E-state index in [9.17, 15) is 0 Å². The van der Waals surface area contributed by atoms with Crippen LogP contribution in [0.2, 0.25) is 0 Å². The monoisotopic (exact) mass is 374 g/mol.